The van der Waals surface area contributed by atoms with Gasteiger partial charge in [0.2, 0.25) is 0 Å². The number of rotatable bonds is 5. The van der Waals surface area contributed by atoms with Crippen molar-refractivity contribution in [2.45, 2.75) is 32.7 Å². The third-order valence-electron chi connectivity index (χ3n) is 2.37. The van der Waals surface area contributed by atoms with Gasteiger partial charge in [-0.05, 0) is 19.0 Å². The van der Waals surface area contributed by atoms with Crippen LogP contribution in [-0.4, -0.2) is 26.2 Å². The van der Waals surface area contributed by atoms with Crippen molar-refractivity contribution in [2.24, 2.45) is 0 Å². The summed E-state index contributed by atoms with van der Waals surface area (Å²) in [5.41, 5.74) is 1.22. The predicted octanol–water partition coefficient (Wildman–Crippen LogP) is 2.41. The standard InChI is InChI=1S/C12H17NO2.C2H6/c1-13-11(9-12(14)15-2)8-10-6-4-3-5-7-10;1-2/h3-7,11,13H,8-9H2,1-2H3;1-2H3. The zero-order valence-electron chi connectivity index (χ0n) is 11.2. The van der Waals surface area contributed by atoms with Crippen molar-refractivity contribution in [2.75, 3.05) is 14.2 Å². The van der Waals surface area contributed by atoms with Gasteiger partial charge in [0, 0.05) is 6.04 Å². The summed E-state index contributed by atoms with van der Waals surface area (Å²) < 4.78 is 4.64. The molecule has 0 amide bonds. The fourth-order valence-electron chi connectivity index (χ4n) is 1.46. The maximum atomic E-state index is 11.1. The molecule has 0 spiro atoms. The van der Waals surface area contributed by atoms with Gasteiger partial charge in [-0.2, -0.15) is 0 Å². The van der Waals surface area contributed by atoms with Crippen LogP contribution in [0.15, 0.2) is 30.3 Å². The molecule has 0 heterocycles. The van der Waals surface area contributed by atoms with Crippen LogP contribution in [0.5, 0.6) is 0 Å². The molecule has 0 aliphatic carbocycles. The zero-order chi connectivity index (χ0) is 13.1. The number of hydrogen-bond acceptors (Lipinski definition) is 3. The molecule has 3 nitrogen and oxygen atoms in total. The van der Waals surface area contributed by atoms with Crippen molar-refractivity contribution in [3.05, 3.63) is 35.9 Å². The number of esters is 1. The average molecular weight is 237 g/mol. The highest BCUT2D eigenvalue weighted by atomic mass is 16.5. The van der Waals surface area contributed by atoms with Crippen molar-refractivity contribution in [1.29, 1.82) is 0 Å². The smallest absolute Gasteiger partial charge is 0.307 e. The Morgan fingerprint density at radius 1 is 1.29 bits per heavy atom. The fourth-order valence-corrected chi connectivity index (χ4v) is 1.46. The first kappa shape index (κ1) is 15.7. The van der Waals surface area contributed by atoms with Crippen molar-refractivity contribution < 1.29 is 9.53 Å². The monoisotopic (exact) mass is 237 g/mol. The molecule has 17 heavy (non-hydrogen) atoms. The molecule has 1 aromatic carbocycles. The molecule has 0 saturated heterocycles. The van der Waals surface area contributed by atoms with Crippen LogP contribution in [0.25, 0.3) is 0 Å². The van der Waals surface area contributed by atoms with Crippen LogP contribution in [0.2, 0.25) is 0 Å². The molecule has 3 heteroatoms. The van der Waals surface area contributed by atoms with E-state index in [2.05, 4.69) is 22.2 Å². The lowest BCUT2D eigenvalue weighted by atomic mass is 10.0. The maximum Gasteiger partial charge on any atom is 0.307 e. The second kappa shape index (κ2) is 9.85. The van der Waals surface area contributed by atoms with Crippen LogP contribution in [0, 0.1) is 0 Å². The first-order chi connectivity index (χ1) is 8.26. The molecule has 0 bridgehead atoms. The molecule has 0 fully saturated rings. The molecular weight excluding hydrogens is 214 g/mol. The second-order valence-electron chi connectivity index (χ2n) is 3.46. The van der Waals surface area contributed by atoms with E-state index in [9.17, 15) is 4.79 Å². The Morgan fingerprint density at radius 3 is 2.35 bits per heavy atom. The average Bonchev–Trinajstić information content (AvgIpc) is 2.41. The van der Waals surface area contributed by atoms with Gasteiger partial charge >= 0.3 is 5.97 Å². The Balaban J connectivity index is 0.00000121. The second-order valence-corrected chi connectivity index (χ2v) is 3.46. The summed E-state index contributed by atoms with van der Waals surface area (Å²) >= 11 is 0. The van der Waals surface area contributed by atoms with Gasteiger partial charge in [-0.25, -0.2) is 0 Å². The Hall–Kier alpha value is -1.35. The number of benzene rings is 1. The Bertz CT molecular complexity index is 298. The van der Waals surface area contributed by atoms with Crippen LogP contribution in [0.1, 0.15) is 25.8 Å². The topological polar surface area (TPSA) is 38.3 Å². The number of likely N-dealkylation sites (N-methyl/N-ethyl adjacent to an activating group) is 1. The van der Waals surface area contributed by atoms with Crippen LogP contribution in [-0.2, 0) is 16.0 Å². The van der Waals surface area contributed by atoms with Gasteiger partial charge in [-0.3, -0.25) is 4.79 Å². The van der Waals surface area contributed by atoms with Crippen LogP contribution < -0.4 is 5.32 Å². The van der Waals surface area contributed by atoms with E-state index >= 15 is 0 Å². The zero-order valence-corrected chi connectivity index (χ0v) is 11.2. The quantitative estimate of drug-likeness (QED) is 0.799. The first-order valence-corrected chi connectivity index (χ1v) is 6.04. The molecule has 0 aliphatic rings. The van der Waals surface area contributed by atoms with Crippen molar-refractivity contribution in [3.63, 3.8) is 0 Å². The van der Waals surface area contributed by atoms with Gasteiger partial charge in [0.1, 0.15) is 0 Å². The number of carbonyl (C=O) groups excluding carboxylic acids is 1. The molecule has 1 atom stereocenters. The molecular formula is C14H23NO2. The van der Waals surface area contributed by atoms with E-state index in [4.69, 9.17) is 0 Å². The van der Waals surface area contributed by atoms with E-state index in [1.54, 1.807) is 0 Å². The number of carbonyl (C=O) groups is 1. The lowest BCUT2D eigenvalue weighted by molar-refractivity contribution is -0.141. The van der Waals surface area contributed by atoms with Crippen molar-refractivity contribution >= 4 is 5.97 Å². The van der Waals surface area contributed by atoms with Crippen LogP contribution in [0.3, 0.4) is 0 Å². The molecule has 0 saturated carbocycles. The van der Waals surface area contributed by atoms with E-state index in [1.165, 1.54) is 12.7 Å². The lowest BCUT2D eigenvalue weighted by Crippen LogP contribution is -2.30. The highest BCUT2D eigenvalue weighted by Crippen LogP contribution is 2.05. The van der Waals surface area contributed by atoms with Crippen molar-refractivity contribution in [3.8, 4) is 0 Å². The minimum atomic E-state index is -0.176. The summed E-state index contributed by atoms with van der Waals surface area (Å²) in [6.45, 7) is 4.00. The van der Waals surface area contributed by atoms with Gasteiger partial charge in [-0.1, -0.05) is 44.2 Å². The summed E-state index contributed by atoms with van der Waals surface area (Å²) in [7, 11) is 3.27. The summed E-state index contributed by atoms with van der Waals surface area (Å²) in [4.78, 5) is 11.1. The van der Waals surface area contributed by atoms with E-state index in [0.29, 0.717) is 6.42 Å². The molecule has 1 aromatic rings. The molecule has 0 aliphatic heterocycles. The van der Waals surface area contributed by atoms with Gasteiger partial charge in [0.15, 0.2) is 0 Å². The van der Waals surface area contributed by atoms with E-state index in [-0.39, 0.29) is 12.0 Å². The van der Waals surface area contributed by atoms with E-state index in [0.717, 1.165) is 6.42 Å². The third kappa shape index (κ3) is 6.74. The Morgan fingerprint density at radius 2 is 1.88 bits per heavy atom. The van der Waals surface area contributed by atoms with Gasteiger partial charge in [0.25, 0.3) is 0 Å². The number of nitrogens with one attached hydrogen (secondary N) is 1. The van der Waals surface area contributed by atoms with Gasteiger partial charge in [0.05, 0.1) is 13.5 Å². The molecule has 1 rings (SSSR count). The predicted molar refractivity (Wildman–Crippen MR) is 71.0 cm³/mol. The Kier molecular flexibility index (Phi) is 9.06. The van der Waals surface area contributed by atoms with Gasteiger partial charge < -0.3 is 10.1 Å². The van der Waals surface area contributed by atoms with E-state index < -0.39 is 0 Å². The lowest BCUT2D eigenvalue weighted by Gasteiger charge is -2.14. The van der Waals surface area contributed by atoms with Gasteiger partial charge in [-0.15, -0.1) is 0 Å². The molecule has 0 aromatic heterocycles. The first-order valence-electron chi connectivity index (χ1n) is 6.04. The summed E-state index contributed by atoms with van der Waals surface area (Å²) in [5.74, 6) is -0.176. The highest BCUT2D eigenvalue weighted by molar-refractivity contribution is 5.69. The highest BCUT2D eigenvalue weighted by Gasteiger charge is 2.12. The minimum absolute atomic E-state index is 0.139. The largest absolute Gasteiger partial charge is 0.469 e. The summed E-state index contributed by atoms with van der Waals surface area (Å²) in [6.07, 6.45) is 1.24. The molecule has 96 valence electrons. The fraction of sp³-hybridized carbons (Fsp3) is 0.500. The minimum Gasteiger partial charge on any atom is -0.469 e. The third-order valence-corrected chi connectivity index (χ3v) is 2.37. The number of methoxy groups -OCH3 is 1. The van der Waals surface area contributed by atoms with E-state index in [1.807, 2.05) is 39.1 Å². The van der Waals surface area contributed by atoms with Crippen LogP contribution >= 0.6 is 0 Å². The van der Waals surface area contributed by atoms with Crippen molar-refractivity contribution in [1.82, 2.24) is 5.32 Å². The summed E-state index contributed by atoms with van der Waals surface area (Å²) in [5, 5.41) is 3.11. The maximum absolute atomic E-state index is 11.1. The molecule has 0 radical (unpaired) electrons. The SMILES string of the molecule is CC.CNC(CC(=O)OC)Cc1ccccc1. The molecule has 1 unspecified atom stereocenters. The van der Waals surface area contributed by atoms with Crippen LogP contribution in [0.4, 0.5) is 0 Å². The number of ether oxygens (including phenoxy) is 1. The number of hydrogen-bond donors (Lipinski definition) is 1. The summed E-state index contributed by atoms with van der Waals surface area (Å²) in [6, 6.07) is 10.2. The normalized spacial score (nSPS) is 11.1. The molecule has 1 N–H and O–H groups in total. The Labute approximate surface area is 104 Å².